The summed E-state index contributed by atoms with van der Waals surface area (Å²) >= 11 is 0. The first kappa shape index (κ1) is 18.0. The molecule has 1 aromatic carbocycles. The van der Waals surface area contributed by atoms with Gasteiger partial charge in [-0.15, -0.1) is 0 Å². The molecule has 24 heavy (non-hydrogen) atoms. The number of alkyl halides is 3. The maximum atomic E-state index is 12.4. The van der Waals surface area contributed by atoms with Crippen LogP contribution in [-0.2, 0) is 9.59 Å². The fourth-order valence-electron chi connectivity index (χ4n) is 2.59. The number of piperidine rings is 1. The van der Waals surface area contributed by atoms with E-state index in [-0.39, 0.29) is 25.0 Å². The second-order valence-electron chi connectivity index (χ2n) is 5.76. The van der Waals surface area contributed by atoms with Gasteiger partial charge in [0.05, 0.1) is 0 Å². The number of nitrogens with zero attached hydrogens (tertiary/aromatic N) is 1. The average molecular weight is 340 g/mol. The van der Waals surface area contributed by atoms with E-state index in [4.69, 9.17) is 0 Å². The number of amides is 2. The van der Waals surface area contributed by atoms with E-state index in [1.165, 1.54) is 6.08 Å². The Hall–Kier alpha value is -2.31. The average Bonchev–Trinajstić information content (AvgIpc) is 2.53. The molecular formula is C17H19F3N2O2. The topological polar surface area (TPSA) is 49.4 Å². The van der Waals surface area contributed by atoms with Gasteiger partial charge in [-0.05, 0) is 37.0 Å². The minimum Gasteiger partial charge on any atom is -0.350 e. The van der Waals surface area contributed by atoms with Crippen molar-refractivity contribution in [2.24, 2.45) is 0 Å². The van der Waals surface area contributed by atoms with Crippen molar-refractivity contribution < 1.29 is 22.8 Å². The smallest absolute Gasteiger partial charge is 0.350 e. The SMILES string of the molecule is Cc1ccccc1/C=C/C(=O)NC1CCN(C(=O)C(F)(F)F)CC1. The van der Waals surface area contributed by atoms with Crippen molar-refractivity contribution in [1.29, 1.82) is 0 Å². The van der Waals surface area contributed by atoms with Gasteiger partial charge in [-0.1, -0.05) is 24.3 Å². The summed E-state index contributed by atoms with van der Waals surface area (Å²) < 4.78 is 37.1. The van der Waals surface area contributed by atoms with Crippen LogP contribution < -0.4 is 5.32 Å². The lowest BCUT2D eigenvalue weighted by molar-refractivity contribution is -0.186. The van der Waals surface area contributed by atoms with Crippen molar-refractivity contribution in [2.75, 3.05) is 13.1 Å². The van der Waals surface area contributed by atoms with Crippen molar-refractivity contribution >= 4 is 17.9 Å². The lowest BCUT2D eigenvalue weighted by atomic mass is 10.0. The minimum absolute atomic E-state index is 0.00913. The molecule has 130 valence electrons. The number of benzene rings is 1. The first-order valence-electron chi connectivity index (χ1n) is 7.67. The van der Waals surface area contributed by atoms with Crippen LogP contribution in [0, 0.1) is 6.92 Å². The van der Waals surface area contributed by atoms with E-state index < -0.39 is 12.1 Å². The van der Waals surface area contributed by atoms with E-state index in [1.54, 1.807) is 6.08 Å². The number of hydrogen-bond donors (Lipinski definition) is 1. The van der Waals surface area contributed by atoms with Crippen molar-refractivity contribution in [3.8, 4) is 0 Å². The highest BCUT2D eigenvalue weighted by Crippen LogP contribution is 2.21. The molecule has 0 atom stereocenters. The number of halogens is 3. The third-order valence-corrected chi connectivity index (χ3v) is 3.97. The molecule has 0 unspecified atom stereocenters. The molecule has 7 heteroatoms. The zero-order valence-electron chi connectivity index (χ0n) is 13.3. The van der Waals surface area contributed by atoms with E-state index >= 15 is 0 Å². The summed E-state index contributed by atoms with van der Waals surface area (Å²) in [6.45, 7) is 1.92. The molecule has 0 aliphatic carbocycles. The second-order valence-corrected chi connectivity index (χ2v) is 5.76. The Kier molecular flexibility index (Phi) is 5.64. The van der Waals surface area contributed by atoms with Crippen molar-refractivity contribution in [2.45, 2.75) is 32.0 Å². The molecule has 1 heterocycles. The van der Waals surface area contributed by atoms with Crippen LogP contribution in [0.15, 0.2) is 30.3 Å². The Bertz CT molecular complexity index is 633. The van der Waals surface area contributed by atoms with Crippen molar-refractivity contribution in [3.63, 3.8) is 0 Å². The lowest BCUT2D eigenvalue weighted by Crippen LogP contribution is -2.49. The number of aryl methyl sites for hydroxylation is 1. The summed E-state index contributed by atoms with van der Waals surface area (Å²) in [5.74, 6) is -2.11. The predicted molar refractivity (Wildman–Crippen MR) is 84.0 cm³/mol. The van der Waals surface area contributed by atoms with Crippen LogP contribution in [-0.4, -0.2) is 42.0 Å². The van der Waals surface area contributed by atoms with Gasteiger partial charge >= 0.3 is 12.1 Å². The Labute approximate surface area is 138 Å². The van der Waals surface area contributed by atoms with Gasteiger partial charge in [-0.25, -0.2) is 0 Å². The van der Waals surface area contributed by atoms with Crippen LogP contribution in [0.5, 0.6) is 0 Å². The summed E-state index contributed by atoms with van der Waals surface area (Å²) in [6.07, 6.45) is -1.10. The van der Waals surface area contributed by atoms with Crippen molar-refractivity contribution in [3.05, 3.63) is 41.5 Å². The number of nitrogens with one attached hydrogen (secondary N) is 1. The van der Waals surface area contributed by atoms with E-state index in [2.05, 4.69) is 5.32 Å². The van der Waals surface area contributed by atoms with Crippen LogP contribution in [0.1, 0.15) is 24.0 Å². The third-order valence-electron chi connectivity index (χ3n) is 3.97. The molecule has 1 N–H and O–H groups in total. The normalized spacial score (nSPS) is 16.4. The Morgan fingerprint density at radius 1 is 1.21 bits per heavy atom. The fraction of sp³-hybridized carbons (Fsp3) is 0.412. The van der Waals surface area contributed by atoms with Gasteiger partial charge in [0.1, 0.15) is 0 Å². The first-order valence-corrected chi connectivity index (χ1v) is 7.67. The minimum atomic E-state index is -4.84. The first-order chi connectivity index (χ1) is 11.3. The maximum Gasteiger partial charge on any atom is 0.471 e. The summed E-state index contributed by atoms with van der Waals surface area (Å²) in [5.41, 5.74) is 1.97. The molecule has 2 amide bonds. The van der Waals surface area contributed by atoms with E-state index in [0.29, 0.717) is 12.8 Å². The molecule has 2 rings (SSSR count). The van der Waals surface area contributed by atoms with E-state index in [0.717, 1.165) is 16.0 Å². The zero-order chi connectivity index (χ0) is 17.7. The quantitative estimate of drug-likeness (QED) is 0.860. The summed E-state index contributed by atoms with van der Waals surface area (Å²) in [4.78, 5) is 23.8. The molecule has 0 aromatic heterocycles. The van der Waals surface area contributed by atoms with Gasteiger partial charge in [0, 0.05) is 25.2 Å². The molecule has 4 nitrogen and oxygen atoms in total. The summed E-state index contributed by atoms with van der Waals surface area (Å²) in [5, 5.41) is 2.76. The second kappa shape index (κ2) is 7.51. The zero-order valence-corrected chi connectivity index (χ0v) is 13.3. The number of rotatable bonds is 3. The van der Waals surface area contributed by atoms with Gasteiger partial charge in [0.2, 0.25) is 5.91 Å². The number of likely N-dealkylation sites (tertiary alicyclic amines) is 1. The van der Waals surface area contributed by atoms with Crippen LogP contribution in [0.25, 0.3) is 6.08 Å². The van der Waals surface area contributed by atoms with Crippen LogP contribution in [0.3, 0.4) is 0 Å². The molecule has 0 spiro atoms. The molecule has 1 aliphatic rings. The fourth-order valence-corrected chi connectivity index (χ4v) is 2.59. The number of carbonyl (C=O) groups excluding carboxylic acids is 2. The largest absolute Gasteiger partial charge is 0.471 e. The monoisotopic (exact) mass is 340 g/mol. The Morgan fingerprint density at radius 2 is 1.83 bits per heavy atom. The number of hydrogen-bond acceptors (Lipinski definition) is 2. The molecule has 0 radical (unpaired) electrons. The highest BCUT2D eigenvalue weighted by atomic mass is 19.4. The molecule has 1 fully saturated rings. The third kappa shape index (κ3) is 4.84. The van der Waals surface area contributed by atoms with Crippen molar-refractivity contribution in [1.82, 2.24) is 10.2 Å². The van der Waals surface area contributed by atoms with Crippen LogP contribution in [0.4, 0.5) is 13.2 Å². The lowest BCUT2D eigenvalue weighted by Gasteiger charge is -2.32. The summed E-state index contributed by atoms with van der Waals surface area (Å²) in [6, 6.07) is 7.38. The van der Waals surface area contributed by atoms with Gasteiger partial charge in [-0.2, -0.15) is 13.2 Å². The van der Waals surface area contributed by atoms with Gasteiger partial charge in [0.25, 0.3) is 0 Å². The molecule has 1 saturated heterocycles. The standard InChI is InChI=1S/C17H19F3N2O2/c1-12-4-2-3-5-13(12)6-7-15(23)21-14-8-10-22(11-9-14)16(24)17(18,19)20/h2-7,14H,8-11H2,1H3,(H,21,23)/b7-6+. The van der Waals surface area contributed by atoms with Gasteiger partial charge in [0.15, 0.2) is 0 Å². The maximum absolute atomic E-state index is 12.4. The molecular weight excluding hydrogens is 321 g/mol. The molecule has 0 bridgehead atoms. The van der Waals surface area contributed by atoms with E-state index in [1.807, 2.05) is 31.2 Å². The number of carbonyl (C=O) groups is 2. The summed E-state index contributed by atoms with van der Waals surface area (Å²) in [7, 11) is 0. The highest BCUT2D eigenvalue weighted by molar-refractivity contribution is 5.92. The van der Waals surface area contributed by atoms with Gasteiger partial charge in [-0.3, -0.25) is 9.59 Å². The molecule has 1 aromatic rings. The van der Waals surface area contributed by atoms with E-state index in [9.17, 15) is 22.8 Å². The van der Waals surface area contributed by atoms with Crippen LogP contribution >= 0.6 is 0 Å². The Morgan fingerprint density at radius 3 is 2.42 bits per heavy atom. The highest BCUT2D eigenvalue weighted by Gasteiger charge is 2.43. The predicted octanol–water partition coefficient (Wildman–Crippen LogP) is 2.68. The van der Waals surface area contributed by atoms with Gasteiger partial charge < -0.3 is 10.2 Å². The molecule has 1 aliphatic heterocycles. The molecule has 0 saturated carbocycles. The Balaban J connectivity index is 1.82. The van der Waals surface area contributed by atoms with Crippen LogP contribution in [0.2, 0.25) is 0 Å².